The van der Waals surface area contributed by atoms with E-state index >= 15 is 0 Å². The number of benzene rings is 2. The van der Waals surface area contributed by atoms with Crippen molar-refractivity contribution in [3.63, 3.8) is 0 Å². The second-order valence-corrected chi connectivity index (χ2v) is 7.30. The zero-order valence-electron chi connectivity index (χ0n) is 13.0. The topological polar surface area (TPSA) is 12.0 Å². The lowest BCUT2D eigenvalue weighted by Gasteiger charge is -2.31. The lowest BCUT2D eigenvalue weighted by atomic mass is 9.93. The van der Waals surface area contributed by atoms with Gasteiger partial charge in [-0.05, 0) is 55.2 Å². The Kier molecular flexibility index (Phi) is 4.87. The highest BCUT2D eigenvalue weighted by Gasteiger charge is 2.22. The zero-order valence-corrected chi connectivity index (χ0v) is 13.8. The van der Waals surface area contributed by atoms with Gasteiger partial charge in [0.1, 0.15) is 0 Å². The Balaban J connectivity index is 1.71. The molecule has 21 heavy (non-hydrogen) atoms. The molecule has 0 aliphatic heterocycles. The highest BCUT2D eigenvalue weighted by molar-refractivity contribution is 7.99. The second-order valence-electron chi connectivity index (χ2n) is 6.17. The molecule has 112 valence electrons. The predicted octanol–water partition coefficient (Wildman–Crippen LogP) is 5.16. The summed E-state index contributed by atoms with van der Waals surface area (Å²) >= 11 is 2.04. The van der Waals surface area contributed by atoms with Crippen molar-refractivity contribution in [3.8, 4) is 0 Å². The van der Waals surface area contributed by atoms with Crippen molar-refractivity contribution in [2.45, 2.75) is 49.9 Å². The predicted molar refractivity (Wildman–Crippen MR) is 95.1 cm³/mol. The standard InChI is InChI=1S/C19H25NS/c1-14(20-16-10-12-17(21-2)13-11-16)18-9-5-7-15-6-3-4-8-19(15)18/h3-9,14,16-17,20H,10-13H2,1-2H3. The van der Waals surface area contributed by atoms with Crippen LogP contribution in [-0.4, -0.2) is 17.5 Å². The van der Waals surface area contributed by atoms with Crippen LogP contribution in [0.1, 0.15) is 44.2 Å². The van der Waals surface area contributed by atoms with Crippen LogP contribution in [0.2, 0.25) is 0 Å². The van der Waals surface area contributed by atoms with E-state index < -0.39 is 0 Å². The summed E-state index contributed by atoms with van der Waals surface area (Å²) in [6, 6.07) is 16.5. The number of nitrogens with one attached hydrogen (secondary N) is 1. The Morgan fingerprint density at radius 2 is 1.71 bits per heavy atom. The largest absolute Gasteiger partial charge is 0.307 e. The van der Waals surface area contributed by atoms with Crippen LogP contribution in [-0.2, 0) is 0 Å². The van der Waals surface area contributed by atoms with Gasteiger partial charge in [-0.25, -0.2) is 0 Å². The molecule has 1 aliphatic rings. The van der Waals surface area contributed by atoms with Gasteiger partial charge < -0.3 is 5.32 Å². The monoisotopic (exact) mass is 299 g/mol. The highest BCUT2D eigenvalue weighted by atomic mass is 32.2. The van der Waals surface area contributed by atoms with E-state index in [4.69, 9.17) is 0 Å². The summed E-state index contributed by atoms with van der Waals surface area (Å²) in [4.78, 5) is 0. The van der Waals surface area contributed by atoms with Gasteiger partial charge >= 0.3 is 0 Å². The van der Waals surface area contributed by atoms with E-state index in [1.165, 1.54) is 42.0 Å². The van der Waals surface area contributed by atoms with E-state index in [1.54, 1.807) is 0 Å². The molecule has 3 rings (SSSR count). The first-order chi connectivity index (χ1) is 10.3. The van der Waals surface area contributed by atoms with E-state index in [-0.39, 0.29) is 0 Å². The molecule has 1 atom stereocenters. The van der Waals surface area contributed by atoms with Gasteiger partial charge in [0.15, 0.2) is 0 Å². The molecule has 0 saturated heterocycles. The number of fused-ring (bicyclic) bond motifs is 1. The maximum atomic E-state index is 3.86. The van der Waals surface area contributed by atoms with Crippen molar-refractivity contribution >= 4 is 22.5 Å². The molecule has 0 bridgehead atoms. The fourth-order valence-corrected chi connectivity index (χ4v) is 4.28. The van der Waals surface area contributed by atoms with Gasteiger partial charge in [-0.1, -0.05) is 42.5 Å². The van der Waals surface area contributed by atoms with Gasteiger partial charge in [-0.2, -0.15) is 11.8 Å². The Morgan fingerprint density at radius 1 is 1.00 bits per heavy atom. The molecule has 1 aliphatic carbocycles. The SMILES string of the molecule is CSC1CCC(NC(C)c2cccc3ccccc23)CC1. The van der Waals surface area contributed by atoms with E-state index in [2.05, 4.69) is 61.0 Å². The first-order valence-electron chi connectivity index (χ1n) is 8.04. The van der Waals surface area contributed by atoms with Crippen LogP contribution in [0, 0.1) is 0 Å². The van der Waals surface area contributed by atoms with E-state index in [0.29, 0.717) is 12.1 Å². The van der Waals surface area contributed by atoms with Crippen molar-refractivity contribution in [1.82, 2.24) is 5.32 Å². The maximum absolute atomic E-state index is 3.86. The first-order valence-corrected chi connectivity index (χ1v) is 9.33. The van der Waals surface area contributed by atoms with Crippen LogP contribution in [0.15, 0.2) is 42.5 Å². The van der Waals surface area contributed by atoms with E-state index in [1.807, 2.05) is 11.8 Å². The molecular weight excluding hydrogens is 274 g/mol. The molecule has 1 nitrogen and oxygen atoms in total. The molecule has 1 saturated carbocycles. The van der Waals surface area contributed by atoms with Crippen LogP contribution >= 0.6 is 11.8 Å². The number of hydrogen-bond acceptors (Lipinski definition) is 2. The van der Waals surface area contributed by atoms with Crippen LogP contribution in [0.4, 0.5) is 0 Å². The number of thioether (sulfide) groups is 1. The molecule has 0 aromatic heterocycles. The second kappa shape index (κ2) is 6.85. The van der Waals surface area contributed by atoms with Crippen LogP contribution in [0.25, 0.3) is 10.8 Å². The summed E-state index contributed by atoms with van der Waals surface area (Å²) in [7, 11) is 0. The fourth-order valence-electron chi connectivity index (χ4n) is 3.54. The molecule has 1 unspecified atom stereocenters. The third-order valence-corrected chi connectivity index (χ3v) is 5.92. The van der Waals surface area contributed by atoms with Crippen molar-refractivity contribution in [1.29, 1.82) is 0 Å². The molecule has 2 aromatic rings. The highest BCUT2D eigenvalue weighted by Crippen LogP contribution is 2.29. The minimum Gasteiger partial charge on any atom is -0.307 e. The molecular formula is C19H25NS. The number of hydrogen-bond donors (Lipinski definition) is 1. The Bertz CT molecular complexity index is 582. The van der Waals surface area contributed by atoms with Crippen LogP contribution in [0.5, 0.6) is 0 Å². The normalized spacial score (nSPS) is 24.1. The van der Waals surface area contributed by atoms with E-state index in [0.717, 1.165) is 5.25 Å². The Morgan fingerprint density at radius 3 is 2.48 bits per heavy atom. The molecule has 0 heterocycles. The van der Waals surface area contributed by atoms with Gasteiger partial charge in [0.2, 0.25) is 0 Å². The first kappa shape index (κ1) is 14.9. The lowest BCUT2D eigenvalue weighted by Crippen LogP contribution is -2.35. The quantitative estimate of drug-likeness (QED) is 0.836. The van der Waals surface area contributed by atoms with Crippen molar-refractivity contribution < 1.29 is 0 Å². The number of rotatable bonds is 4. The zero-order chi connectivity index (χ0) is 14.7. The average Bonchev–Trinajstić information content (AvgIpc) is 2.55. The smallest absolute Gasteiger partial charge is 0.0300 e. The van der Waals surface area contributed by atoms with Crippen molar-refractivity contribution in [3.05, 3.63) is 48.0 Å². The minimum atomic E-state index is 0.423. The minimum absolute atomic E-state index is 0.423. The lowest BCUT2D eigenvalue weighted by molar-refractivity contribution is 0.353. The molecule has 0 spiro atoms. The summed E-state index contributed by atoms with van der Waals surface area (Å²) in [6.45, 7) is 2.31. The summed E-state index contributed by atoms with van der Waals surface area (Å²) in [5.41, 5.74) is 1.43. The van der Waals surface area contributed by atoms with Crippen LogP contribution < -0.4 is 5.32 Å². The maximum Gasteiger partial charge on any atom is 0.0300 e. The molecule has 0 radical (unpaired) electrons. The van der Waals surface area contributed by atoms with Gasteiger partial charge in [0.25, 0.3) is 0 Å². The molecule has 0 amide bonds. The average molecular weight is 299 g/mol. The van der Waals surface area contributed by atoms with Crippen molar-refractivity contribution in [2.75, 3.05) is 6.26 Å². The third-order valence-electron chi connectivity index (χ3n) is 4.78. The Labute approximate surface area is 132 Å². The fraction of sp³-hybridized carbons (Fsp3) is 0.474. The summed E-state index contributed by atoms with van der Waals surface area (Å²) in [6.07, 6.45) is 7.61. The Hall–Kier alpha value is -0.990. The summed E-state index contributed by atoms with van der Waals surface area (Å²) in [5, 5.41) is 7.48. The van der Waals surface area contributed by atoms with Gasteiger partial charge in [-0.3, -0.25) is 0 Å². The van der Waals surface area contributed by atoms with Gasteiger partial charge in [0.05, 0.1) is 0 Å². The molecule has 2 aromatic carbocycles. The van der Waals surface area contributed by atoms with E-state index in [9.17, 15) is 0 Å². The molecule has 1 N–H and O–H groups in total. The van der Waals surface area contributed by atoms with Crippen molar-refractivity contribution in [2.24, 2.45) is 0 Å². The molecule has 1 fully saturated rings. The van der Waals surface area contributed by atoms with Gasteiger partial charge in [-0.15, -0.1) is 0 Å². The summed E-state index contributed by atoms with van der Waals surface area (Å²) in [5.74, 6) is 0. The summed E-state index contributed by atoms with van der Waals surface area (Å²) < 4.78 is 0. The van der Waals surface area contributed by atoms with Gasteiger partial charge in [0, 0.05) is 17.3 Å². The molecule has 2 heteroatoms. The van der Waals surface area contributed by atoms with Crippen LogP contribution in [0.3, 0.4) is 0 Å². The third kappa shape index (κ3) is 3.44.